The summed E-state index contributed by atoms with van der Waals surface area (Å²) in [5, 5.41) is 3.91. The van der Waals surface area contributed by atoms with Crippen molar-refractivity contribution in [2.75, 3.05) is 7.05 Å². The van der Waals surface area contributed by atoms with Crippen molar-refractivity contribution < 1.29 is 22.7 Å². The van der Waals surface area contributed by atoms with E-state index >= 15 is 0 Å². The van der Waals surface area contributed by atoms with Crippen molar-refractivity contribution >= 4 is 17.2 Å². The van der Waals surface area contributed by atoms with Gasteiger partial charge in [-0.2, -0.15) is 11.3 Å². The predicted octanol–water partition coefficient (Wildman–Crippen LogP) is 4.24. The molecule has 2 rings (SSSR count). The number of halogens is 3. The highest BCUT2D eigenvalue weighted by atomic mass is 32.1. The summed E-state index contributed by atoms with van der Waals surface area (Å²) in [5.74, 6) is -0.407. The summed E-state index contributed by atoms with van der Waals surface area (Å²) in [6, 6.07) is 7.78. The number of thiophene rings is 1. The lowest BCUT2D eigenvalue weighted by molar-refractivity contribution is -0.275. The van der Waals surface area contributed by atoms with Gasteiger partial charge in [-0.15, -0.1) is 13.2 Å². The highest BCUT2D eigenvalue weighted by Gasteiger charge is 2.32. The van der Waals surface area contributed by atoms with Crippen LogP contribution in [0.1, 0.15) is 17.5 Å². The van der Waals surface area contributed by atoms with Gasteiger partial charge in [0.05, 0.1) is 0 Å². The monoisotopic (exact) mass is 343 g/mol. The lowest BCUT2D eigenvalue weighted by Crippen LogP contribution is -2.27. The molecule has 0 aliphatic carbocycles. The number of ether oxygens (including phenoxy) is 1. The SMILES string of the molecule is CN(Cc1ccccc1OC(F)(F)F)C(=O)CCc1ccsc1. The number of rotatable bonds is 6. The Bertz CT molecular complexity index is 641. The van der Waals surface area contributed by atoms with E-state index in [0.29, 0.717) is 18.4 Å². The van der Waals surface area contributed by atoms with Crippen LogP contribution < -0.4 is 4.74 Å². The van der Waals surface area contributed by atoms with Crippen LogP contribution in [0.4, 0.5) is 13.2 Å². The van der Waals surface area contributed by atoms with Gasteiger partial charge in [0.2, 0.25) is 5.91 Å². The molecule has 0 radical (unpaired) electrons. The largest absolute Gasteiger partial charge is 0.573 e. The number of aryl methyl sites for hydroxylation is 1. The van der Waals surface area contributed by atoms with Crippen molar-refractivity contribution in [1.82, 2.24) is 4.90 Å². The molecule has 0 saturated heterocycles. The van der Waals surface area contributed by atoms with E-state index in [4.69, 9.17) is 0 Å². The van der Waals surface area contributed by atoms with Crippen LogP contribution in [0.3, 0.4) is 0 Å². The van der Waals surface area contributed by atoms with Crippen LogP contribution in [0.15, 0.2) is 41.1 Å². The zero-order valence-corrected chi connectivity index (χ0v) is 13.3. The molecule has 1 amide bonds. The minimum atomic E-state index is -4.75. The molecular weight excluding hydrogens is 327 g/mol. The Kier molecular flexibility index (Phi) is 5.65. The second kappa shape index (κ2) is 7.50. The predicted molar refractivity (Wildman–Crippen MR) is 82.2 cm³/mol. The van der Waals surface area contributed by atoms with E-state index in [0.717, 1.165) is 5.56 Å². The fourth-order valence-electron chi connectivity index (χ4n) is 2.08. The maximum absolute atomic E-state index is 12.4. The standard InChI is InChI=1S/C16H16F3NO2S/c1-20(15(21)7-6-12-8-9-23-11-12)10-13-4-2-3-5-14(13)22-16(17,18)19/h2-5,8-9,11H,6-7,10H2,1H3. The maximum atomic E-state index is 12.4. The average Bonchev–Trinajstić information content (AvgIpc) is 2.98. The van der Waals surface area contributed by atoms with Gasteiger partial charge in [0.15, 0.2) is 0 Å². The Balaban J connectivity index is 1.96. The Morgan fingerprint density at radius 2 is 2.00 bits per heavy atom. The van der Waals surface area contributed by atoms with Crippen LogP contribution in [0, 0.1) is 0 Å². The fraction of sp³-hybridized carbons (Fsp3) is 0.312. The van der Waals surface area contributed by atoms with Gasteiger partial charge in [-0.05, 0) is 34.9 Å². The summed E-state index contributed by atoms with van der Waals surface area (Å²) in [4.78, 5) is 13.5. The van der Waals surface area contributed by atoms with Crippen LogP contribution in [0.2, 0.25) is 0 Å². The first-order chi connectivity index (χ1) is 10.8. The number of nitrogens with zero attached hydrogens (tertiary/aromatic N) is 1. The Labute approximate surface area is 136 Å². The zero-order chi connectivity index (χ0) is 16.9. The molecular formula is C16H16F3NO2S. The number of alkyl halides is 3. The quantitative estimate of drug-likeness (QED) is 0.785. The molecule has 23 heavy (non-hydrogen) atoms. The van der Waals surface area contributed by atoms with E-state index in [1.165, 1.54) is 23.1 Å². The van der Waals surface area contributed by atoms with Gasteiger partial charge in [-0.3, -0.25) is 4.79 Å². The summed E-state index contributed by atoms with van der Waals surface area (Å²) in [6.07, 6.45) is -3.82. The van der Waals surface area contributed by atoms with E-state index < -0.39 is 6.36 Å². The molecule has 124 valence electrons. The first-order valence-electron chi connectivity index (χ1n) is 6.94. The molecule has 3 nitrogen and oxygen atoms in total. The second-order valence-electron chi connectivity index (χ2n) is 5.04. The molecule has 1 aromatic carbocycles. The molecule has 0 aliphatic heterocycles. The van der Waals surface area contributed by atoms with Gasteiger partial charge in [0, 0.05) is 25.6 Å². The van der Waals surface area contributed by atoms with E-state index in [9.17, 15) is 18.0 Å². The van der Waals surface area contributed by atoms with Crippen molar-refractivity contribution in [2.24, 2.45) is 0 Å². The zero-order valence-electron chi connectivity index (χ0n) is 12.5. The van der Waals surface area contributed by atoms with Crippen LogP contribution >= 0.6 is 11.3 Å². The Morgan fingerprint density at radius 1 is 1.26 bits per heavy atom. The van der Waals surface area contributed by atoms with Crippen LogP contribution in [0.25, 0.3) is 0 Å². The summed E-state index contributed by atoms with van der Waals surface area (Å²) < 4.78 is 41.2. The smallest absolute Gasteiger partial charge is 0.405 e. The number of hydrogen-bond donors (Lipinski definition) is 0. The van der Waals surface area contributed by atoms with Gasteiger partial charge < -0.3 is 9.64 Å². The third-order valence-corrected chi connectivity index (χ3v) is 3.97. The molecule has 7 heteroatoms. The molecule has 0 unspecified atom stereocenters. The van der Waals surface area contributed by atoms with E-state index in [-0.39, 0.29) is 18.2 Å². The van der Waals surface area contributed by atoms with Crippen LogP contribution in [0.5, 0.6) is 5.75 Å². The van der Waals surface area contributed by atoms with E-state index in [1.807, 2.05) is 16.8 Å². The number of hydrogen-bond acceptors (Lipinski definition) is 3. The third kappa shape index (κ3) is 5.59. The number of amides is 1. The molecule has 0 bridgehead atoms. The number of carbonyl (C=O) groups excluding carboxylic acids is 1. The topological polar surface area (TPSA) is 29.5 Å². The molecule has 2 aromatic rings. The highest BCUT2D eigenvalue weighted by Crippen LogP contribution is 2.27. The van der Waals surface area contributed by atoms with E-state index in [2.05, 4.69) is 4.74 Å². The lowest BCUT2D eigenvalue weighted by atomic mass is 10.1. The number of para-hydroxylation sites is 1. The first kappa shape index (κ1) is 17.3. The lowest BCUT2D eigenvalue weighted by Gasteiger charge is -2.20. The summed E-state index contributed by atoms with van der Waals surface area (Å²) >= 11 is 1.56. The van der Waals surface area contributed by atoms with Gasteiger partial charge in [0.1, 0.15) is 5.75 Å². The minimum Gasteiger partial charge on any atom is -0.405 e. The number of benzene rings is 1. The molecule has 0 atom stereocenters. The molecule has 1 aromatic heterocycles. The normalized spacial score (nSPS) is 11.3. The van der Waals surface area contributed by atoms with Crippen LogP contribution in [-0.4, -0.2) is 24.2 Å². The van der Waals surface area contributed by atoms with Gasteiger partial charge in [-0.1, -0.05) is 18.2 Å². The Morgan fingerprint density at radius 3 is 2.65 bits per heavy atom. The van der Waals surface area contributed by atoms with E-state index in [1.54, 1.807) is 24.5 Å². The molecule has 0 saturated carbocycles. The molecule has 0 N–H and O–H groups in total. The average molecular weight is 343 g/mol. The molecule has 0 fully saturated rings. The van der Waals surface area contributed by atoms with Crippen molar-refractivity contribution in [3.05, 3.63) is 52.2 Å². The molecule has 0 spiro atoms. The Hall–Kier alpha value is -2.02. The second-order valence-corrected chi connectivity index (χ2v) is 5.82. The van der Waals surface area contributed by atoms with Gasteiger partial charge in [-0.25, -0.2) is 0 Å². The number of carbonyl (C=O) groups is 1. The minimum absolute atomic E-state index is 0.0642. The van der Waals surface area contributed by atoms with Crippen molar-refractivity contribution in [3.63, 3.8) is 0 Å². The maximum Gasteiger partial charge on any atom is 0.573 e. The highest BCUT2D eigenvalue weighted by molar-refractivity contribution is 7.07. The van der Waals surface area contributed by atoms with Crippen LogP contribution in [-0.2, 0) is 17.8 Å². The fourth-order valence-corrected chi connectivity index (χ4v) is 2.78. The third-order valence-electron chi connectivity index (χ3n) is 3.24. The van der Waals surface area contributed by atoms with Crippen molar-refractivity contribution in [3.8, 4) is 5.75 Å². The van der Waals surface area contributed by atoms with Gasteiger partial charge >= 0.3 is 6.36 Å². The molecule has 1 heterocycles. The molecule has 0 aliphatic rings. The summed E-state index contributed by atoms with van der Waals surface area (Å²) in [5.41, 5.74) is 1.40. The summed E-state index contributed by atoms with van der Waals surface area (Å²) in [6.45, 7) is 0.0642. The van der Waals surface area contributed by atoms with Crippen molar-refractivity contribution in [1.29, 1.82) is 0 Å². The summed E-state index contributed by atoms with van der Waals surface area (Å²) in [7, 11) is 1.57. The first-order valence-corrected chi connectivity index (χ1v) is 7.88. The van der Waals surface area contributed by atoms with Gasteiger partial charge in [0.25, 0.3) is 0 Å². The van der Waals surface area contributed by atoms with Crippen molar-refractivity contribution in [2.45, 2.75) is 25.7 Å².